The molecule has 3 aromatic rings. The number of imide groups is 1. The Morgan fingerprint density at radius 1 is 0.774 bits per heavy atom. The van der Waals surface area contributed by atoms with Gasteiger partial charge in [-0.15, -0.1) is 0 Å². The highest BCUT2D eigenvalue weighted by Gasteiger charge is 2.40. The van der Waals surface area contributed by atoms with Crippen molar-refractivity contribution in [2.45, 2.75) is 18.7 Å². The SMILES string of the molecule is Cc1cc(C)cc(NC2=C(Sc3ccc(Cl)cc3)C(=O)N(c3ccc(Cl)cc3)C2=O)c1. The molecular formula is C24H18Cl2N2O2S. The van der Waals surface area contributed by atoms with Gasteiger partial charge in [-0.1, -0.05) is 41.0 Å². The maximum absolute atomic E-state index is 13.3. The number of hydrogen-bond acceptors (Lipinski definition) is 4. The summed E-state index contributed by atoms with van der Waals surface area (Å²) in [6.07, 6.45) is 0. The molecule has 0 bridgehead atoms. The van der Waals surface area contributed by atoms with Crippen molar-refractivity contribution < 1.29 is 9.59 Å². The van der Waals surface area contributed by atoms with Crippen LogP contribution in [0.1, 0.15) is 11.1 Å². The highest BCUT2D eigenvalue weighted by Crippen LogP contribution is 2.38. The van der Waals surface area contributed by atoms with Crippen molar-refractivity contribution >= 4 is 58.2 Å². The fourth-order valence-electron chi connectivity index (χ4n) is 3.35. The molecule has 7 heteroatoms. The lowest BCUT2D eigenvalue weighted by Gasteiger charge is -2.15. The number of carbonyl (C=O) groups is 2. The van der Waals surface area contributed by atoms with Crippen LogP contribution in [-0.2, 0) is 9.59 Å². The zero-order valence-corrected chi connectivity index (χ0v) is 19.1. The van der Waals surface area contributed by atoms with Gasteiger partial charge in [0.2, 0.25) is 0 Å². The molecule has 1 N–H and O–H groups in total. The lowest BCUT2D eigenvalue weighted by Crippen LogP contribution is -2.32. The Bertz CT molecular complexity index is 1190. The third-order valence-corrected chi connectivity index (χ3v) is 6.25. The van der Waals surface area contributed by atoms with E-state index in [-0.39, 0.29) is 11.6 Å². The van der Waals surface area contributed by atoms with E-state index >= 15 is 0 Å². The third kappa shape index (κ3) is 4.64. The van der Waals surface area contributed by atoms with Gasteiger partial charge in [-0.25, -0.2) is 4.90 Å². The van der Waals surface area contributed by atoms with Gasteiger partial charge >= 0.3 is 0 Å². The predicted molar refractivity (Wildman–Crippen MR) is 128 cm³/mol. The molecule has 0 radical (unpaired) electrons. The van der Waals surface area contributed by atoms with E-state index in [1.807, 2.05) is 44.2 Å². The van der Waals surface area contributed by atoms with Crippen molar-refractivity contribution in [3.63, 3.8) is 0 Å². The summed E-state index contributed by atoms with van der Waals surface area (Å²) in [5.41, 5.74) is 3.57. The van der Waals surface area contributed by atoms with Crippen LogP contribution >= 0.6 is 35.0 Å². The average Bonchev–Trinajstić information content (AvgIpc) is 2.94. The van der Waals surface area contributed by atoms with E-state index in [1.165, 1.54) is 16.7 Å². The van der Waals surface area contributed by atoms with Crippen molar-refractivity contribution in [3.05, 3.63) is 98.5 Å². The lowest BCUT2D eigenvalue weighted by molar-refractivity contribution is -0.120. The largest absolute Gasteiger partial charge is 0.350 e. The maximum atomic E-state index is 13.3. The van der Waals surface area contributed by atoms with Crippen LogP contribution in [0.15, 0.2) is 82.2 Å². The van der Waals surface area contributed by atoms with Crippen molar-refractivity contribution in [1.82, 2.24) is 0 Å². The molecule has 0 unspecified atom stereocenters. The van der Waals surface area contributed by atoms with Crippen LogP contribution in [0, 0.1) is 13.8 Å². The number of rotatable bonds is 5. The van der Waals surface area contributed by atoms with Gasteiger partial charge in [-0.3, -0.25) is 9.59 Å². The molecule has 4 nitrogen and oxygen atoms in total. The molecule has 0 atom stereocenters. The van der Waals surface area contributed by atoms with E-state index in [4.69, 9.17) is 23.2 Å². The molecule has 3 aromatic carbocycles. The molecule has 4 rings (SSSR count). The molecule has 31 heavy (non-hydrogen) atoms. The van der Waals surface area contributed by atoms with Gasteiger partial charge in [-0.05, 0) is 85.6 Å². The molecular weight excluding hydrogens is 451 g/mol. The Kier molecular flexibility index (Phi) is 6.10. The van der Waals surface area contributed by atoms with Crippen molar-refractivity contribution in [2.24, 2.45) is 0 Å². The monoisotopic (exact) mass is 468 g/mol. The number of nitrogens with one attached hydrogen (secondary N) is 1. The molecule has 1 aliphatic heterocycles. The van der Waals surface area contributed by atoms with Crippen LogP contribution < -0.4 is 10.2 Å². The second-order valence-corrected chi connectivity index (χ2v) is 9.14. The van der Waals surface area contributed by atoms with Gasteiger partial charge in [0, 0.05) is 20.6 Å². The Balaban J connectivity index is 1.75. The number of benzene rings is 3. The molecule has 0 spiro atoms. The average molecular weight is 469 g/mol. The highest BCUT2D eigenvalue weighted by atomic mass is 35.5. The van der Waals surface area contributed by atoms with Gasteiger partial charge in [0.15, 0.2) is 0 Å². The minimum Gasteiger partial charge on any atom is -0.350 e. The quantitative estimate of drug-likeness (QED) is 0.428. The molecule has 0 fully saturated rings. The zero-order valence-electron chi connectivity index (χ0n) is 16.8. The number of amides is 2. The van der Waals surface area contributed by atoms with Gasteiger partial charge in [-0.2, -0.15) is 0 Å². The number of hydrogen-bond donors (Lipinski definition) is 1. The first kappa shape index (κ1) is 21.5. The minimum absolute atomic E-state index is 0.241. The normalized spacial score (nSPS) is 13.9. The molecule has 156 valence electrons. The Morgan fingerprint density at radius 3 is 1.90 bits per heavy atom. The summed E-state index contributed by atoms with van der Waals surface area (Å²) < 4.78 is 0. The summed E-state index contributed by atoms with van der Waals surface area (Å²) >= 11 is 13.2. The summed E-state index contributed by atoms with van der Waals surface area (Å²) in [6.45, 7) is 3.97. The van der Waals surface area contributed by atoms with Gasteiger partial charge in [0.05, 0.1) is 5.69 Å². The Labute approximate surface area is 194 Å². The van der Waals surface area contributed by atoms with Crippen LogP contribution in [0.25, 0.3) is 0 Å². The second-order valence-electron chi connectivity index (χ2n) is 7.18. The van der Waals surface area contributed by atoms with Crippen molar-refractivity contribution in [1.29, 1.82) is 0 Å². The summed E-state index contributed by atoms with van der Waals surface area (Å²) in [4.78, 5) is 29.0. The standard InChI is InChI=1S/C24H18Cl2N2O2S/c1-14-11-15(2)13-18(12-14)27-21-22(31-20-9-5-17(26)6-10-20)24(30)28(23(21)29)19-7-3-16(25)4-8-19/h3-13,27H,1-2H3. The predicted octanol–water partition coefficient (Wildman–Crippen LogP) is 6.60. The fourth-order valence-corrected chi connectivity index (χ4v) is 4.53. The fraction of sp³-hybridized carbons (Fsp3) is 0.0833. The smallest absolute Gasteiger partial charge is 0.283 e. The summed E-state index contributed by atoms with van der Waals surface area (Å²) in [5, 5.41) is 4.32. The van der Waals surface area contributed by atoms with Gasteiger partial charge in [0.25, 0.3) is 11.8 Å². The Morgan fingerprint density at radius 2 is 1.32 bits per heavy atom. The van der Waals surface area contributed by atoms with Crippen LogP contribution in [0.2, 0.25) is 10.0 Å². The van der Waals surface area contributed by atoms with E-state index in [0.717, 1.165) is 21.7 Å². The zero-order chi connectivity index (χ0) is 22.1. The topological polar surface area (TPSA) is 49.4 Å². The van der Waals surface area contributed by atoms with E-state index in [1.54, 1.807) is 36.4 Å². The first-order chi connectivity index (χ1) is 14.8. The van der Waals surface area contributed by atoms with Crippen LogP contribution in [0.3, 0.4) is 0 Å². The van der Waals surface area contributed by atoms with Crippen LogP contribution in [-0.4, -0.2) is 11.8 Å². The summed E-state index contributed by atoms with van der Waals surface area (Å²) in [7, 11) is 0. The Hall–Kier alpha value is -2.73. The summed E-state index contributed by atoms with van der Waals surface area (Å²) in [6, 6.07) is 19.7. The third-order valence-electron chi connectivity index (χ3n) is 4.65. The molecule has 0 aliphatic carbocycles. The second kappa shape index (κ2) is 8.79. The van der Waals surface area contributed by atoms with Crippen LogP contribution in [0.5, 0.6) is 0 Å². The lowest BCUT2D eigenvalue weighted by atomic mass is 10.1. The number of halogens is 2. The molecule has 0 aromatic heterocycles. The van der Waals surface area contributed by atoms with Crippen molar-refractivity contribution in [3.8, 4) is 0 Å². The van der Waals surface area contributed by atoms with Gasteiger partial charge in [0.1, 0.15) is 10.6 Å². The number of thioether (sulfide) groups is 1. The highest BCUT2D eigenvalue weighted by molar-refractivity contribution is 8.04. The van der Waals surface area contributed by atoms with Crippen molar-refractivity contribution in [2.75, 3.05) is 10.2 Å². The molecule has 1 heterocycles. The molecule has 1 aliphatic rings. The molecule has 0 saturated carbocycles. The first-order valence-electron chi connectivity index (χ1n) is 9.49. The maximum Gasteiger partial charge on any atom is 0.283 e. The van der Waals surface area contributed by atoms with E-state index in [0.29, 0.717) is 20.6 Å². The summed E-state index contributed by atoms with van der Waals surface area (Å²) in [5.74, 6) is -0.804. The van der Waals surface area contributed by atoms with E-state index in [2.05, 4.69) is 5.32 Å². The minimum atomic E-state index is -0.414. The number of carbonyl (C=O) groups excluding carboxylic acids is 2. The van der Waals surface area contributed by atoms with E-state index < -0.39 is 5.91 Å². The van der Waals surface area contributed by atoms with Gasteiger partial charge < -0.3 is 5.32 Å². The number of anilines is 2. The molecule has 2 amide bonds. The van der Waals surface area contributed by atoms with Crippen LogP contribution in [0.4, 0.5) is 11.4 Å². The number of aryl methyl sites for hydroxylation is 2. The van der Waals surface area contributed by atoms with E-state index in [9.17, 15) is 9.59 Å². The first-order valence-corrected chi connectivity index (χ1v) is 11.1. The number of nitrogens with zero attached hydrogens (tertiary/aromatic N) is 1. The molecule has 0 saturated heterocycles.